The van der Waals surface area contributed by atoms with E-state index in [-0.39, 0.29) is 17.6 Å². The van der Waals surface area contributed by atoms with Gasteiger partial charge in [0, 0.05) is 43.0 Å². The molecule has 0 spiro atoms. The molecule has 2 aromatic carbocycles. The largest absolute Gasteiger partial charge is 0.356 e. The molecule has 1 amide bonds. The van der Waals surface area contributed by atoms with Crippen LogP contribution in [0, 0.1) is 11.7 Å². The molecule has 1 heterocycles. The molecule has 0 aliphatic carbocycles. The maximum Gasteiger partial charge on any atom is 0.220 e. The Morgan fingerprint density at radius 2 is 1.92 bits per heavy atom. The Labute approximate surface area is 153 Å². The van der Waals surface area contributed by atoms with Crippen molar-refractivity contribution >= 4 is 16.8 Å². The van der Waals surface area contributed by atoms with Crippen molar-refractivity contribution in [1.29, 1.82) is 0 Å². The number of fused-ring (bicyclic) bond motifs is 1. The lowest BCUT2D eigenvalue weighted by Gasteiger charge is -2.18. The number of aromatic nitrogens is 1. The quantitative estimate of drug-likeness (QED) is 0.690. The highest BCUT2D eigenvalue weighted by Crippen LogP contribution is 2.34. The van der Waals surface area contributed by atoms with E-state index in [4.69, 9.17) is 0 Å². The number of amides is 1. The Hall–Kier alpha value is -2.62. The fraction of sp³-hybridized carbons (Fsp3) is 0.318. The molecule has 0 aliphatic rings. The molecule has 3 aromatic rings. The van der Waals surface area contributed by atoms with Gasteiger partial charge >= 0.3 is 0 Å². The van der Waals surface area contributed by atoms with Crippen molar-refractivity contribution in [2.45, 2.75) is 26.2 Å². The smallest absolute Gasteiger partial charge is 0.220 e. The van der Waals surface area contributed by atoms with Crippen LogP contribution in [-0.4, -0.2) is 17.0 Å². The number of nitrogens with zero attached hydrogens (tertiary/aromatic N) is 1. The van der Waals surface area contributed by atoms with Crippen molar-refractivity contribution in [2.75, 3.05) is 6.54 Å². The van der Waals surface area contributed by atoms with E-state index in [1.54, 1.807) is 6.07 Å². The third-order valence-corrected chi connectivity index (χ3v) is 4.65. The van der Waals surface area contributed by atoms with Crippen LogP contribution in [0.3, 0.4) is 0 Å². The van der Waals surface area contributed by atoms with Crippen LogP contribution in [0.5, 0.6) is 0 Å². The molecule has 0 saturated heterocycles. The molecule has 0 aliphatic heterocycles. The van der Waals surface area contributed by atoms with Gasteiger partial charge in [0.2, 0.25) is 5.91 Å². The summed E-state index contributed by atoms with van der Waals surface area (Å²) < 4.78 is 15.9. The van der Waals surface area contributed by atoms with Gasteiger partial charge in [0.15, 0.2) is 0 Å². The van der Waals surface area contributed by atoms with E-state index < -0.39 is 0 Å². The van der Waals surface area contributed by atoms with E-state index in [0.29, 0.717) is 18.9 Å². The highest BCUT2D eigenvalue weighted by molar-refractivity contribution is 5.86. The number of carbonyl (C=O) groups excluding carboxylic acids is 1. The van der Waals surface area contributed by atoms with Crippen LogP contribution in [0.1, 0.15) is 37.3 Å². The maximum atomic E-state index is 13.8. The molecule has 3 nitrogen and oxygen atoms in total. The Morgan fingerprint density at radius 3 is 2.65 bits per heavy atom. The first kappa shape index (κ1) is 18.2. The summed E-state index contributed by atoms with van der Waals surface area (Å²) in [5.74, 6) is -0.0932. The maximum absolute atomic E-state index is 13.8. The van der Waals surface area contributed by atoms with Crippen LogP contribution >= 0.6 is 0 Å². The third-order valence-electron chi connectivity index (χ3n) is 4.65. The SMILES string of the molecule is CC(C)CNC(=O)C[C@@H](c1cccc(F)c1)c1cn(C)c2ccccc12. The summed E-state index contributed by atoms with van der Waals surface area (Å²) in [4.78, 5) is 12.5. The fourth-order valence-electron chi connectivity index (χ4n) is 3.36. The Balaban J connectivity index is 2.01. The van der Waals surface area contributed by atoms with Gasteiger partial charge in [-0.2, -0.15) is 0 Å². The second-order valence-corrected chi connectivity index (χ2v) is 7.22. The molecule has 3 rings (SSSR count). The van der Waals surface area contributed by atoms with Gasteiger partial charge < -0.3 is 9.88 Å². The molecule has 0 saturated carbocycles. The first-order chi connectivity index (χ1) is 12.5. The second kappa shape index (κ2) is 7.73. The average Bonchev–Trinajstić information content (AvgIpc) is 2.95. The van der Waals surface area contributed by atoms with Gasteiger partial charge in [-0.15, -0.1) is 0 Å². The van der Waals surface area contributed by atoms with Crippen molar-refractivity contribution < 1.29 is 9.18 Å². The van der Waals surface area contributed by atoms with Crippen LogP contribution in [0.4, 0.5) is 4.39 Å². The Kier molecular flexibility index (Phi) is 5.40. The first-order valence-corrected chi connectivity index (χ1v) is 9.02. The van der Waals surface area contributed by atoms with Crippen LogP contribution in [0.2, 0.25) is 0 Å². The molecular weight excluding hydrogens is 327 g/mol. The van der Waals surface area contributed by atoms with E-state index in [2.05, 4.69) is 42.1 Å². The molecule has 0 fully saturated rings. The minimum Gasteiger partial charge on any atom is -0.356 e. The monoisotopic (exact) mass is 352 g/mol. The number of halogens is 1. The predicted octanol–water partition coefficient (Wildman–Crippen LogP) is 4.61. The molecule has 1 aromatic heterocycles. The van der Waals surface area contributed by atoms with Gasteiger partial charge in [-0.3, -0.25) is 4.79 Å². The first-order valence-electron chi connectivity index (χ1n) is 9.02. The van der Waals surface area contributed by atoms with E-state index in [9.17, 15) is 9.18 Å². The summed E-state index contributed by atoms with van der Waals surface area (Å²) in [6.45, 7) is 4.77. The zero-order valence-corrected chi connectivity index (χ0v) is 15.5. The Morgan fingerprint density at radius 1 is 1.15 bits per heavy atom. The predicted molar refractivity (Wildman–Crippen MR) is 104 cm³/mol. The highest BCUT2D eigenvalue weighted by atomic mass is 19.1. The summed E-state index contributed by atoms with van der Waals surface area (Å²) in [6.07, 6.45) is 2.35. The minimum atomic E-state index is -0.282. The van der Waals surface area contributed by atoms with Crippen LogP contribution in [-0.2, 0) is 11.8 Å². The van der Waals surface area contributed by atoms with Gasteiger partial charge in [-0.05, 0) is 35.2 Å². The van der Waals surface area contributed by atoms with Gasteiger partial charge in [0.05, 0.1) is 0 Å². The Bertz CT molecular complexity index is 913. The minimum absolute atomic E-state index is 0.0131. The third kappa shape index (κ3) is 3.96. The van der Waals surface area contributed by atoms with E-state index in [1.807, 2.05) is 25.2 Å². The van der Waals surface area contributed by atoms with Crippen molar-refractivity contribution in [3.8, 4) is 0 Å². The molecule has 136 valence electrons. The summed E-state index contributed by atoms with van der Waals surface area (Å²) >= 11 is 0. The second-order valence-electron chi connectivity index (χ2n) is 7.22. The normalized spacial score (nSPS) is 12.5. The summed E-state index contributed by atoms with van der Waals surface area (Å²) in [5.41, 5.74) is 2.97. The number of hydrogen-bond donors (Lipinski definition) is 1. The van der Waals surface area contributed by atoms with Crippen LogP contribution in [0.15, 0.2) is 54.7 Å². The van der Waals surface area contributed by atoms with E-state index >= 15 is 0 Å². The van der Waals surface area contributed by atoms with E-state index in [1.165, 1.54) is 12.1 Å². The molecule has 0 radical (unpaired) electrons. The fourth-order valence-corrected chi connectivity index (χ4v) is 3.36. The molecule has 1 N–H and O–H groups in total. The van der Waals surface area contributed by atoms with Gasteiger partial charge in [-0.1, -0.05) is 44.2 Å². The van der Waals surface area contributed by atoms with Gasteiger partial charge in [0.25, 0.3) is 0 Å². The topological polar surface area (TPSA) is 34.0 Å². The molecular formula is C22H25FN2O. The van der Waals surface area contributed by atoms with Crippen LogP contribution < -0.4 is 5.32 Å². The number of para-hydroxylation sites is 1. The summed E-state index contributed by atoms with van der Waals surface area (Å²) in [5, 5.41) is 4.08. The number of aryl methyl sites for hydroxylation is 1. The lowest BCUT2D eigenvalue weighted by atomic mass is 9.88. The molecule has 1 atom stereocenters. The summed E-state index contributed by atoms with van der Waals surface area (Å²) in [6, 6.07) is 14.7. The van der Waals surface area contributed by atoms with Crippen molar-refractivity contribution in [1.82, 2.24) is 9.88 Å². The van der Waals surface area contributed by atoms with Crippen molar-refractivity contribution in [3.05, 3.63) is 71.7 Å². The molecule has 4 heteroatoms. The number of hydrogen-bond acceptors (Lipinski definition) is 1. The molecule has 0 unspecified atom stereocenters. The van der Waals surface area contributed by atoms with Crippen molar-refractivity contribution in [3.63, 3.8) is 0 Å². The zero-order chi connectivity index (χ0) is 18.7. The van der Waals surface area contributed by atoms with Crippen LogP contribution in [0.25, 0.3) is 10.9 Å². The van der Waals surface area contributed by atoms with E-state index in [0.717, 1.165) is 22.0 Å². The highest BCUT2D eigenvalue weighted by Gasteiger charge is 2.22. The molecule has 0 bridgehead atoms. The lowest BCUT2D eigenvalue weighted by Crippen LogP contribution is -2.28. The zero-order valence-electron chi connectivity index (χ0n) is 15.5. The lowest BCUT2D eigenvalue weighted by molar-refractivity contribution is -0.121. The van der Waals surface area contributed by atoms with Gasteiger partial charge in [0.1, 0.15) is 5.82 Å². The number of benzene rings is 2. The number of rotatable bonds is 6. The standard InChI is InChI=1S/C22H25FN2O/c1-15(2)13-24-22(26)12-19(16-7-6-8-17(23)11-16)20-14-25(3)21-10-5-4-9-18(20)21/h4-11,14-15,19H,12-13H2,1-3H3,(H,24,26)/t19-/m0/s1. The van der Waals surface area contributed by atoms with Crippen molar-refractivity contribution in [2.24, 2.45) is 13.0 Å². The number of carbonyl (C=O) groups is 1. The van der Waals surface area contributed by atoms with Gasteiger partial charge in [-0.25, -0.2) is 4.39 Å². The number of nitrogens with one attached hydrogen (secondary N) is 1. The summed E-state index contributed by atoms with van der Waals surface area (Å²) in [7, 11) is 1.99. The average molecular weight is 352 g/mol. The molecule has 26 heavy (non-hydrogen) atoms.